The second-order valence-corrected chi connectivity index (χ2v) is 3.28. The third-order valence-corrected chi connectivity index (χ3v) is 2.15. The Balaban J connectivity index is 2.27. The van der Waals surface area contributed by atoms with E-state index in [-0.39, 0.29) is 24.9 Å². The van der Waals surface area contributed by atoms with Crippen molar-refractivity contribution in [2.75, 3.05) is 18.5 Å². The summed E-state index contributed by atoms with van der Waals surface area (Å²) in [6.07, 6.45) is 0. The Hall–Kier alpha value is -1.92. The lowest BCUT2D eigenvalue weighted by Crippen LogP contribution is -2.25. The normalized spacial score (nSPS) is 13.7. The second-order valence-electron chi connectivity index (χ2n) is 3.28. The fourth-order valence-corrected chi connectivity index (χ4v) is 1.42. The standard InChI is InChI=1S/C10H10N2O4/c11-16-4-8(13)6-1-2-9-7(3-6)12-10(14)5-15-9/h1-3H,4-5,11H2,(H,12,14). The molecule has 2 rings (SSSR count). The summed E-state index contributed by atoms with van der Waals surface area (Å²) in [5, 5.41) is 2.61. The van der Waals surface area contributed by atoms with Crippen molar-refractivity contribution in [2.24, 2.45) is 5.90 Å². The molecule has 0 fully saturated rings. The van der Waals surface area contributed by atoms with Crippen molar-refractivity contribution < 1.29 is 19.2 Å². The van der Waals surface area contributed by atoms with Gasteiger partial charge in [-0.2, -0.15) is 0 Å². The summed E-state index contributed by atoms with van der Waals surface area (Å²) in [7, 11) is 0. The molecular weight excluding hydrogens is 212 g/mol. The monoisotopic (exact) mass is 222 g/mol. The maximum absolute atomic E-state index is 11.5. The van der Waals surface area contributed by atoms with Gasteiger partial charge in [0.15, 0.2) is 12.4 Å². The smallest absolute Gasteiger partial charge is 0.262 e. The molecule has 0 radical (unpaired) electrons. The van der Waals surface area contributed by atoms with Crippen LogP contribution in [0, 0.1) is 0 Å². The molecule has 0 saturated carbocycles. The van der Waals surface area contributed by atoms with Crippen LogP contribution in [0.1, 0.15) is 10.4 Å². The van der Waals surface area contributed by atoms with E-state index in [1.807, 2.05) is 0 Å². The number of ether oxygens (including phenoxy) is 1. The topological polar surface area (TPSA) is 90.6 Å². The van der Waals surface area contributed by atoms with E-state index in [2.05, 4.69) is 10.2 Å². The molecule has 1 aromatic rings. The summed E-state index contributed by atoms with van der Waals surface area (Å²) < 4.78 is 5.15. The van der Waals surface area contributed by atoms with Gasteiger partial charge in [0.05, 0.1) is 5.69 Å². The first-order chi connectivity index (χ1) is 7.70. The van der Waals surface area contributed by atoms with Gasteiger partial charge in [-0.05, 0) is 18.2 Å². The molecular formula is C10H10N2O4. The van der Waals surface area contributed by atoms with Crippen LogP contribution >= 0.6 is 0 Å². The first-order valence-corrected chi connectivity index (χ1v) is 4.62. The molecule has 3 N–H and O–H groups in total. The van der Waals surface area contributed by atoms with Gasteiger partial charge in [-0.15, -0.1) is 0 Å². The van der Waals surface area contributed by atoms with Crippen LogP contribution in [0.5, 0.6) is 5.75 Å². The number of ketones is 1. The van der Waals surface area contributed by atoms with E-state index in [0.29, 0.717) is 17.0 Å². The average Bonchev–Trinajstić information content (AvgIpc) is 2.28. The minimum Gasteiger partial charge on any atom is -0.482 e. The molecule has 6 heteroatoms. The highest BCUT2D eigenvalue weighted by molar-refractivity contribution is 6.01. The van der Waals surface area contributed by atoms with Crippen LogP contribution in [-0.2, 0) is 9.63 Å². The number of hydrogen-bond donors (Lipinski definition) is 2. The van der Waals surface area contributed by atoms with Gasteiger partial charge in [-0.3, -0.25) is 14.4 Å². The molecule has 6 nitrogen and oxygen atoms in total. The zero-order valence-electron chi connectivity index (χ0n) is 8.36. The Kier molecular flexibility index (Phi) is 2.84. The lowest BCUT2D eigenvalue weighted by Gasteiger charge is -2.18. The van der Waals surface area contributed by atoms with Gasteiger partial charge in [-0.1, -0.05) is 0 Å². The highest BCUT2D eigenvalue weighted by Gasteiger charge is 2.17. The number of benzene rings is 1. The van der Waals surface area contributed by atoms with Crippen LogP contribution < -0.4 is 16.0 Å². The maximum atomic E-state index is 11.5. The van der Waals surface area contributed by atoms with Crippen LogP contribution in [0.15, 0.2) is 18.2 Å². The van der Waals surface area contributed by atoms with Crippen LogP contribution in [0.4, 0.5) is 5.69 Å². The van der Waals surface area contributed by atoms with Crippen LogP contribution in [0.25, 0.3) is 0 Å². The Morgan fingerprint density at radius 2 is 2.38 bits per heavy atom. The molecule has 0 bridgehead atoms. The van der Waals surface area contributed by atoms with Gasteiger partial charge in [0, 0.05) is 5.56 Å². The van der Waals surface area contributed by atoms with Gasteiger partial charge in [0.2, 0.25) is 0 Å². The van der Waals surface area contributed by atoms with Gasteiger partial charge in [0.25, 0.3) is 5.91 Å². The minimum absolute atomic E-state index is 0.00773. The number of amides is 1. The number of nitrogens with one attached hydrogen (secondary N) is 1. The lowest BCUT2D eigenvalue weighted by atomic mass is 10.1. The van der Waals surface area contributed by atoms with Crippen LogP contribution in [0.2, 0.25) is 0 Å². The average molecular weight is 222 g/mol. The van der Waals surface area contributed by atoms with E-state index in [0.717, 1.165) is 0 Å². The molecule has 0 saturated heterocycles. The Labute approximate surface area is 91.3 Å². The van der Waals surface area contributed by atoms with Gasteiger partial charge < -0.3 is 10.1 Å². The summed E-state index contributed by atoms with van der Waals surface area (Å²) in [6, 6.07) is 4.75. The van der Waals surface area contributed by atoms with Crippen LogP contribution in [-0.4, -0.2) is 24.9 Å². The Morgan fingerprint density at radius 1 is 1.56 bits per heavy atom. The second kappa shape index (κ2) is 4.30. The van der Waals surface area contributed by atoms with Crippen molar-refractivity contribution in [1.82, 2.24) is 0 Å². The Bertz CT molecular complexity index is 444. The zero-order chi connectivity index (χ0) is 11.5. The number of fused-ring (bicyclic) bond motifs is 1. The molecule has 0 aromatic heterocycles. The molecule has 0 atom stereocenters. The van der Waals surface area contributed by atoms with Gasteiger partial charge >= 0.3 is 0 Å². The van der Waals surface area contributed by atoms with Gasteiger partial charge in [0.1, 0.15) is 12.4 Å². The molecule has 0 spiro atoms. The number of hydrogen-bond acceptors (Lipinski definition) is 5. The first kappa shape index (κ1) is 10.6. The largest absolute Gasteiger partial charge is 0.482 e. The quantitative estimate of drug-likeness (QED) is 0.558. The fourth-order valence-electron chi connectivity index (χ4n) is 1.42. The summed E-state index contributed by atoms with van der Waals surface area (Å²) in [4.78, 5) is 26.8. The third-order valence-electron chi connectivity index (χ3n) is 2.15. The minimum atomic E-state index is -0.259. The van der Waals surface area contributed by atoms with Crippen molar-refractivity contribution in [1.29, 1.82) is 0 Å². The Morgan fingerprint density at radius 3 is 3.12 bits per heavy atom. The number of carbonyl (C=O) groups excluding carboxylic acids is 2. The van der Waals surface area contributed by atoms with E-state index >= 15 is 0 Å². The molecule has 16 heavy (non-hydrogen) atoms. The molecule has 1 amide bonds. The molecule has 1 aliphatic rings. The van der Waals surface area contributed by atoms with E-state index in [4.69, 9.17) is 10.6 Å². The van der Waals surface area contributed by atoms with Crippen molar-refractivity contribution in [2.45, 2.75) is 0 Å². The SMILES string of the molecule is NOCC(=O)c1ccc2c(c1)NC(=O)CO2. The number of Topliss-reactive ketones (excluding diaryl/α,β-unsaturated/α-hetero) is 1. The van der Waals surface area contributed by atoms with E-state index in [9.17, 15) is 9.59 Å². The number of carbonyl (C=O) groups is 2. The van der Waals surface area contributed by atoms with E-state index < -0.39 is 0 Å². The van der Waals surface area contributed by atoms with Crippen molar-refractivity contribution >= 4 is 17.4 Å². The fraction of sp³-hybridized carbons (Fsp3) is 0.200. The molecule has 0 unspecified atom stereocenters. The predicted octanol–water partition coefficient (Wildman–Crippen LogP) is 0.0905. The molecule has 84 valence electrons. The van der Waals surface area contributed by atoms with Gasteiger partial charge in [-0.25, -0.2) is 5.90 Å². The zero-order valence-corrected chi connectivity index (χ0v) is 8.36. The lowest BCUT2D eigenvalue weighted by molar-refractivity contribution is -0.118. The number of rotatable bonds is 3. The third kappa shape index (κ3) is 2.02. The first-order valence-electron chi connectivity index (χ1n) is 4.62. The summed E-state index contributed by atoms with van der Waals surface area (Å²) >= 11 is 0. The number of anilines is 1. The highest BCUT2D eigenvalue weighted by atomic mass is 16.6. The van der Waals surface area contributed by atoms with Crippen LogP contribution in [0.3, 0.4) is 0 Å². The molecule has 1 aromatic carbocycles. The maximum Gasteiger partial charge on any atom is 0.262 e. The van der Waals surface area contributed by atoms with Crippen molar-refractivity contribution in [3.8, 4) is 5.75 Å². The summed E-state index contributed by atoms with van der Waals surface area (Å²) in [6.45, 7) is -0.209. The van der Waals surface area contributed by atoms with Crippen molar-refractivity contribution in [3.63, 3.8) is 0 Å². The van der Waals surface area contributed by atoms with E-state index in [1.54, 1.807) is 12.1 Å². The molecule has 0 aliphatic carbocycles. The summed E-state index contributed by atoms with van der Waals surface area (Å²) in [5.41, 5.74) is 0.897. The van der Waals surface area contributed by atoms with E-state index in [1.165, 1.54) is 6.07 Å². The summed E-state index contributed by atoms with van der Waals surface area (Å²) in [5.74, 6) is 4.85. The predicted molar refractivity (Wildman–Crippen MR) is 55.0 cm³/mol. The highest BCUT2D eigenvalue weighted by Crippen LogP contribution is 2.28. The van der Waals surface area contributed by atoms with Crippen molar-refractivity contribution in [3.05, 3.63) is 23.8 Å². The number of nitrogens with two attached hydrogens (primary N) is 1. The molecule has 1 heterocycles. The molecule has 1 aliphatic heterocycles.